The van der Waals surface area contributed by atoms with Crippen LogP contribution in [0.2, 0.25) is 0 Å². The minimum Gasteiger partial charge on any atom is -0.481 e. The highest BCUT2D eigenvalue weighted by atomic mass is 19.4. The van der Waals surface area contributed by atoms with Gasteiger partial charge in [0, 0.05) is 11.8 Å². The highest BCUT2D eigenvalue weighted by molar-refractivity contribution is 5.74. The number of aliphatic carboxylic acids is 1. The van der Waals surface area contributed by atoms with E-state index in [1.807, 2.05) is 0 Å². The van der Waals surface area contributed by atoms with Gasteiger partial charge in [-0.3, -0.25) is 4.79 Å². The number of nitrogen functional groups attached to an aromatic ring is 1. The molecule has 0 unspecified atom stereocenters. The maximum Gasteiger partial charge on any atom is 0.573 e. The highest BCUT2D eigenvalue weighted by Gasteiger charge is 2.34. The summed E-state index contributed by atoms with van der Waals surface area (Å²) in [7, 11) is 0. The Balaban J connectivity index is 3.31. The number of nitrogens with zero attached hydrogens (tertiary/aromatic N) is 2. The molecule has 1 aromatic heterocycles. The molecule has 0 fully saturated rings. The van der Waals surface area contributed by atoms with Crippen LogP contribution in [0.25, 0.3) is 0 Å². The van der Waals surface area contributed by atoms with Gasteiger partial charge in [-0.2, -0.15) is 5.26 Å². The number of nitriles is 1. The standard InChI is InChI=1S/C9H6F3N3O3/c10-9(11,12)18-8-4(1-6(16)17)3-15-5(2-13)7(8)14/h3H,1,14H2,(H,16,17). The molecule has 0 saturated heterocycles. The third-order valence-electron chi connectivity index (χ3n) is 1.81. The molecule has 1 aromatic rings. The molecule has 6 nitrogen and oxygen atoms in total. The molecular weight excluding hydrogens is 255 g/mol. The number of alkyl halides is 3. The van der Waals surface area contributed by atoms with E-state index in [0.29, 0.717) is 0 Å². The summed E-state index contributed by atoms with van der Waals surface area (Å²) in [4.78, 5) is 13.9. The van der Waals surface area contributed by atoms with Gasteiger partial charge in [0.05, 0.1) is 6.42 Å². The van der Waals surface area contributed by atoms with E-state index in [4.69, 9.17) is 16.1 Å². The van der Waals surface area contributed by atoms with Crippen LogP contribution in [0.3, 0.4) is 0 Å². The minimum absolute atomic E-state index is 0.365. The van der Waals surface area contributed by atoms with Gasteiger partial charge in [0.1, 0.15) is 11.8 Å². The van der Waals surface area contributed by atoms with Crippen LogP contribution < -0.4 is 10.5 Å². The Bertz CT molecular complexity index is 522. The number of halogens is 3. The number of anilines is 1. The summed E-state index contributed by atoms with van der Waals surface area (Å²) >= 11 is 0. The number of ether oxygens (including phenoxy) is 1. The Labute approximate surface area is 98.4 Å². The van der Waals surface area contributed by atoms with E-state index in [1.54, 1.807) is 0 Å². The van der Waals surface area contributed by atoms with E-state index >= 15 is 0 Å². The topological polar surface area (TPSA) is 109 Å². The molecule has 0 bridgehead atoms. The number of aromatic nitrogens is 1. The number of carbonyl (C=O) groups is 1. The van der Waals surface area contributed by atoms with Crippen LogP contribution in [0.1, 0.15) is 11.3 Å². The van der Waals surface area contributed by atoms with E-state index in [2.05, 4.69) is 9.72 Å². The van der Waals surface area contributed by atoms with Crippen LogP contribution >= 0.6 is 0 Å². The lowest BCUT2D eigenvalue weighted by Gasteiger charge is -2.14. The van der Waals surface area contributed by atoms with Crippen molar-refractivity contribution in [2.75, 3.05) is 5.73 Å². The van der Waals surface area contributed by atoms with Gasteiger partial charge >= 0.3 is 12.3 Å². The molecule has 0 amide bonds. The second kappa shape index (κ2) is 4.79. The number of hydrogen-bond acceptors (Lipinski definition) is 5. The zero-order valence-electron chi connectivity index (χ0n) is 8.65. The van der Waals surface area contributed by atoms with Crippen molar-refractivity contribution >= 4 is 11.7 Å². The number of carboxylic acids is 1. The first kappa shape index (κ1) is 13.6. The maximum absolute atomic E-state index is 12.1. The summed E-state index contributed by atoms with van der Waals surface area (Å²) in [5.41, 5.74) is 3.80. The molecule has 9 heteroatoms. The third-order valence-corrected chi connectivity index (χ3v) is 1.81. The average Bonchev–Trinajstić information content (AvgIpc) is 2.21. The number of rotatable bonds is 3. The summed E-state index contributed by atoms with van der Waals surface area (Å²) in [5.74, 6) is -2.29. The van der Waals surface area contributed by atoms with Gasteiger partial charge in [0.15, 0.2) is 11.4 Å². The Morgan fingerprint density at radius 1 is 1.61 bits per heavy atom. The molecule has 0 saturated carbocycles. The smallest absolute Gasteiger partial charge is 0.481 e. The number of carboxylic acid groups (broad SMARTS) is 1. The normalized spacial score (nSPS) is 10.8. The summed E-state index contributed by atoms with van der Waals surface area (Å²) < 4.78 is 40.1. The fourth-order valence-electron chi connectivity index (χ4n) is 1.17. The molecule has 0 radical (unpaired) electrons. The largest absolute Gasteiger partial charge is 0.573 e. The molecule has 18 heavy (non-hydrogen) atoms. The van der Waals surface area contributed by atoms with Crippen molar-refractivity contribution in [1.29, 1.82) is 5.26 Å². The predicted octanol–water partition coefficient (Wildman–Crippen LogP) is 1.06. The van der Waals surface area contributed by atoms with Crippen LogP contribution in [-0.2, 0) is 11.2 Å². The molecule has 1 heterocycles. The van der Waals surface area contributed by atoms with Crippen molar-refractivity contribution in [3.63, 3.8) is 0 Å². The van der Waals surface area contributed by atoms with Gasteiger partial charge in [0.2, 0.25) is 0 Å². The van der Waals surface area contributed by atoms with E-state index in [1.165, 1.54) is 6.07 Å². The zero-order valence-corrected chi connectivity index (χ0v) is 8.65. The summed E-state index contributed by atoms with van der Waals surface area (Å²) in [6.07, 6.45) is -4.99. The van der Waals surface area contributed by atoms with Crippen molar-refractivity contribution in [2.45, 2.75) is 12.8 Å². The van der Waals surface area contributed by atoms with Crippen molar-refractivity contribution < 1.29 is 27.8 Å². The SMILES string of the molecule is N#Cc1ncc(CC(=O)O)c(OC(F)(F)F)c1N. The first-order valence-electron chi connectivity index (χ1n) is 4.39. The van der Waals surface area contributed by atoms with Crippen molar-refractivity contribution in [1.82, 2.24) is 4.98 Å². The second-order valence-corrected chi connectivity index (χ2v) is 3.10. The average molecular weight is 261 g/mol. The van der Waals surface area contributed by atoms with Gasteiger partial charge < -0.3 is 15.6 Å². The number of hydrogen-bond donors (Lipinski definition) is 2. The van der Waals surface area contributed by atoms with Gasteiger partial charge in [-0.1, -0.05) is 0 Å². The lowest BCUT2D eigenvalue weighted by molar-refractivity contribution is -0.274. The molecule has 3 N–H and O–H groups in total. The quantitative estimate of drug-likeness (QED) is 0.841. The van der Waals surface area contributed by atoms with E-state index in [0.717, 1.165) is 6.20 Å². The van der Waals surface area contributed by atoms with Crippen LogP contribution in [-0.4, -0.2) is 22.4 Å². The first-order valence-corrected chi connectivity index (χ1v) is 4.39. The van der Waals surface area contributed by atoms with E-state index < -0.39 is 35.9 Å². The van der Waals surface area contributed by atoms with Crippen LogP contribution in [0.4, 0.5) is 18.9 Å². The summed E-state index contributed by atoms with van der Waals surface area (Å²) in [5, 5.41) is 17.1. The Kier molecular flexibility index (Phi) is 3.61. The van der Waals surface area contributed by atoms with Gasteiger partial charge in [-0.15, -0.1) is 13.2 Å². The number of nitrogens with two attached hydrogens (primary N) is 1. The van der Waals surface area contributed by atoms with Gasteiger partial charge in [-0.05, 0) is 0 Å². The molecule has 0 aliphatic carbocycles. The predicted molar refractivity (Wildman–Crippen MR) is 51.4 cm³/mol. The molecule has 0 atom stereocenters. The van der Waals surface area contributed by atoms with Crippen molar-refractivity contribution in [3.05, 3.63) is 17.5 Å². The summed E-state index contributed by atoms with van der Waals surface area (Å²) in [6, 6.07) is 1.47. The van der Waals surface area contributed by atoms with Crippen molar-refractivity contribution in [3.8, 4) is 11.8 Å². The Morgan fingerprint density at radius 2 is 2.22 bits per heavy atom. The van der Waals surface area contributed by atoms with Crippen LogP contribution in [0.15, 0.2) is 6.20 Å². The van der Waals surface area contributed by atoms with E-state index in [-0.39, 0.29) is 5.56 Å². The number of pyridine rings is 1. The second-order valence-electron chi connectivity index (χ2n) is 3.10. The van der Waals surface area contributed by atoms with Crippen LogP contribution in [0.5, 0.6) is 5.75 Å². The fraction of sp³-hybridized carbons (Fsp3) is 0.222. The fourth-order valence-corrected chi connectivity index (χ4v) is 1.17. The Morgan fingerprint density at radius 3 is 2.67 bits per heavy atom. The van der Waals surface area contributed by atoms with Crippen LogP contribution in [0, 0.1) is 11.3 Å². The molecule has 0 spiro atoms. The highest BCUT2D eigenvalue weighted by Crippen LogP contribution is 2.33. The van der Waals surface area contributed by atoms with E-state index in [9.17, 15) is 18.0 Å². The first-order chi connectivity index (χ1) is 8.24. The molecule has 0 aliphatic rings. The van der Waals surface area contributed by atoms with Gasteiger partial charge in [0.25, 0.3) is 0 Å². The monoisotopic (exact) mass is 261 g/mol. The summed E-state index contributed by atoms with van der Waals surface area (Å²) in [6.45, 7) is 0. The molecule has 96 valence electrons. The minimum atomic E-state index is -5.05. The zero-order chi connectivity index (χ0) is 13.9. The lowest BCUT2D eigenvalue weighted by Crippen LogP contribution is -2.20. The lowest BCUT2D eigenvalue weighted by atomic mass is 10.1. The van der Waals surface area contributed by atoms with Crippen molar-refractivity contribution in [2.24, 2.45) is 0 Å². The molecule has 0 aromatic carbocycles. The molecular formula is C9H6F3N3O3. The third kappa shape index (κ3) is 3.24. The van der Waals surface area contributed by atoms with Gasteiger partial charge in [-0.25, -0.2) is 4.98 Å². The molecule has 1 rings (SSSR count). The molecule has 0 aliphatic heterocycles. The maximum atomic E-state index is 12.1. The Hall–Kier alpha value is -2.50.